The molecule has 0 atom stereocenters. The molecule has 0 aliphatic carbocycles. The molecule has 0 saturated carbocycles. The molecule has 116 valence electrons. The molecule has 22 heavy (non-hydrogen) atoms. The molecule has 7 nitrogen and oxygen atoms in total. The third-order valence-electron chi connectivity index (χ3n) is 2.68. The van der Waals surface area contributed by atoms with Gasteiger partial charge in [0.05, 0.1) is 26.1 Å². The molecular formula is C14H15ClN4O3. The number of rotatable bonds is 6. The molecular weight excluding hydrogens is 308 g/mol. The van der Waals surface area contributed by atoms with E-state index in [0.717, 1.165) is 5.56 Å². The summed E-state index contributed by atoms with van der Waals surface area (Å²) in [6, 6.07) is 5.41. The summed E-state index contributed by atoms with van der Waals surface area (Å²) >= 11 is 5.82. The number of H-pyrrole nitrogens is 1. The second-order valence-corrected chi connectivity index (χ2v) is 4.52. The summed E-state index contributed by atoms with van der Waals surface area (Å²) in [6.45, 7) is 2.46. The number of nitrogens with one attached hydrogen (secondary N) is 2. The standard InChI is InChI=1S/C14H15ClN4O3/c1-3-22-11-5-4-9(6-12(11)21-2)7-16-18-10-8-17-19-14(20)13(10)15/h4-8H,3H2,1-2H3,(H2,18,19,20)/b16-7-. The van der Waals surface area contributed by atoms with Crippen molar-refractivity contribution < 1.29 is 9.47 Å². The van der Waals surface area contributed by atoms with Gasteiger partial charge in [-0.25, -0.2) is 5.10 Å². The molecule has 0 saturated heterocycles. The highest BCUT2D eigenvalue weighted by atomic mass is 35.5. The molecule has 2 rings (SSSR count). The molecule has 0 aliphatic rings. The quantitative estimate of drug-likeness (QED) is 0.629. The van der Waals surface area contributed by atoms with Gasteiger partial charge in [-0.05, 0) is 30.7 Å². The van der Waals surface area contributed by atoms with Gasteiger partial charge in [-0.3, -0.25) is 10.2 Å². The minimum absolute atomic E-state index is 0.00331. The fourth-order valence-corrected chi connectivity index (χ4v) is 1.81. The van der Waals surface area contributed by atoms with E-state index in [1.807, 2.05) is 13.0 Å². The molecule has 2 aromatic rings. The van der Waals surface area contributed by atoms with Crippen molar-refractivity contribution in [2.75, 3.05) is 19.1 Å². The monoisotopic (exact) mass is 322 g/mol. The Morgan fingerprint density at radius 2 is 2.27 bits per heavy atom. The number of hydrogen-bond acceptors (Lipinski definition) is 6. The lowest BCUT2D eigenvalue weighted by Crippen LogP contribution is -2.10. The van der Waals surface area contributed by atoms with Crippen molar-refractivity contribution in [3.05, 3.63) is 45.3 Å². The summed E-state index contributed by atoms with van der Waals surface area (Å²) in [6.07, 6.45) is 2.94. The average Bonchev–Trinajstić information content (AvgIpc) is 2.53. The van der Waals surface area contributed by atoms with E-state index in [1.54, 1.807) is 25.5 Å². The molecule has 2 N–H and O–H groups in total. The van der Waals surface area contributed by atoms with Gasteiger partial charge >= 0.3 is 0 Å². The van der Waals surface area contributed by atoms with Crippen molar-refractivity contribution >= 4 is 23.5 Å². The van der Waals surface area contributed by atoms with Crippen LogP contribution in [0, 0.1) is 0 Å². The largest absolute Gasteiger partial charge is 0.493 e. The number of hydrazone groups is 1. The van der Waals surface area contributed by atoms with Gasteiger partial charge in [0.25, 0.3) is 5.56 Å². The Hall–Kier alpha value is -2.54. The number of aromatic amines is 1. The Kier molecular flexibility index (Phi) is 5.37. The van der Waals surface area contributed by atoms with Crippen LogP contribution >= 0.6 is 11.6 Å². The topological polar surface area (TPSA) is 88.6 Å². The van der Waals surface area contributed by atoms with Crippen LogP contribution in [-0.4, -0.2) is 30.1 Å². The number of nitrogens with zero attached hydrogens (tertiary/aromatic N) is 2. The zero-order valence-corrected chi connectivity index (χ0v) is 12.8. The van der Waals surface area contributed by atoms with Gasteiger partial charge in [-0.1, -0.05) is 11.6 Å². The van der Waals surface area contributed by atoms with Gasteiger partial charge < -0.3 is 9.47 Å². The zero-order valence-electron chi connectivity index (χ0n) is 12.1. The summed E-state index contributed by atoms with van der Waals surface area (Å²) in [5.74, 6) is 1.28. The SMILES string of the molecule is CCOc1ccc(/C=N\Nc2cn[nH]c(=O)c2Cl)cc1OC. The van der Waals surface area contributed by atoms with Gasteiger partial charge in [-0.2, -0.15) is 10.2 Å². The number of hydrogen-bond donors (Lipinski definition) is 2. The van der Waals surface area contributed by atoms with Crippen LogP contribution < -0.4 is 20.5 Å². The second kappa shape index (κ2) is 7.46. The molecule has 1 aromatic carbocycles. The Balaban J connectivity index is 2.13. The van der Waals surface area contributed by atoms with Gasteiger partial charge in [0.15, 0.2) is 11.5 Å². The third-order valence-corrected chi connectivity index (χ3v) is 3.06. The summed E-state index contributed by atoms with van der Waals surface area (Å²) in [4.78, 5) is 11.3. The highest BCUT2D eigenvalue weighted by Crippen LogP contribution is 2.27. The number of ether oxygens (including phenoxy) is 2. The molecule has 0 fully saturated rings. The normalized spacial score (nSPS) is 10.7. The van der Waals surface area contributed by atoms with Crippen LogP contribution in [-0.2, 0) is 0 Å². The Morgan fingerprint density at radius 3 is 3.00 bits per heavy atom. The lowest BCUT2D eigenvalue weighted by molar-refractivity contribution is 0.311. The van der Waals surface area contributed by atoms with Crippen molar-refractivity contribution in [2.45, 2.75) is 6.92 Å². The third kappa shape index (κ3) is 3.76. The minimum Gasteiger partial charge on any atom is -0.493 e. The average molecular weight is 323 g/mol. The Labute approximate surface area is 131 Å². The van der Waals surface area contributed by atoms with E-state index in [2.05, 4.69) is 20.7 Å². The molecule has 0 bridgehead atoms. The number of methoxy groups -OCH3 is 1. The van der Waals surface area contributed by atoms with Crippen LogP contribution in [0.2, 0.25) is 5.02 Å². The number of aromatic nitrogens is 2. The maximum Gasteiger partial charge on any atom is 0.285 e. The zero-order chi connectivity index (χ0) is 15.9. The van der Waals surface area contributed by atoms with Crippen LogP contribution in [0.5, 0.6) is 11.5 Å². The predicted octanol–water partition coefficient (Wildman–Crippen LogP) is 2.28. The number of anilines is 1. The van der Waals surface area contributed by atoms with Crippen LogP contribution in [0.1, 0.15) is 12.5 Å². The first-order valence-electron chi connectivity index (χ1n) is 6.48. The van der Waals surface area contributed by atoms with Crippen LogP contribution in [0.15, 0.2) is 34.3 Å². The van der Waals surface area contributed by atoms with Crippen LogP contribution in [0.3, 0.4) is 0 Å². The summed E-state index contributed by atoms with van der Waals surface area (Å²) in [5.41, 5.74) is 3.29. The van der Waals surface area contributed by atoms with Crippen LogP contribution in [0.4, 0.5) is 5.69 Å². The van der Waals surface area contributed by atoms with E-state index in [0.29, 0.717) is 23.8 Å². The number of halogens is 1. The summed E-state index contributed by atoms with van der Waals surface area (Å²) in [7, 11) is 1.57. The van der Waals surface area contributed by atoms with Crippen molar-refractivity contribution in [1.82, 2.24) is 10.2 Å². The van der Waals surface area contributed by atoms with Crippen molar-refractivity contribution in [2.24, 2.45) is 5.10 Å². The second-order valence-electron chi connectivity index (χ2n) is 4.14. The highest BCUT2D eigenvalue weighted by molar-refractivity contribution is 6.32. The van der Waals surface area contributed by atoms with Crippen molar-refractivity contribution in [1.29, 1.82) is 0 Å². The van der Waals surface area contributed by atoms with E-state index in [-0.39, 0.29) is 5.02 Å². The molecule has 0 amide bonds. The maximum absolute atomic E-state index is 11.3. The first-order chi connectivity index (χ1) is 10.7. The van der Waals surface area contributed by atoms with Gasteiger partial charge in [-0.15, -0.1) is 0 Å². The molecule has 0 spiro atoms. The molecule has 1 heterocycles. The van der Waals surface area contributed by atoms with E-state index in [9.17, 15) is 4.79 Å². The Morgan fingerprint density at radius 1 is 1.45 bits per heavy atom. The predicted molar refractivity (Wildman–Crippen MR) is 85.2 cm³/mol. The summed E-state index contributed by atoms with van der Waals surface area (Å²) < 4.78 is 10.7. The van der Waals surface area contributed by atoms with Crippen molar-refractivity contribution in [3.8, 4) is 11.5 Å². The molecule has 0 aliphatic heterocycles. The van der Waals surface area contributed by atoms with Crippen LogP contribution in [0.25, 0.3) is 0 Å². The molecule has 0 radical (unpaired) electrons. The fourth-order valence-electron chi connectivity index (χ4n) is 1.68. The van der Waals surface area contributed by atoms with E-state index >= 15 is 0 Å². The van der Waals surface area contributed by atoms with Gasteiger partial charge in [0.2, 0.25) is 0 Å². The number of benzene rings is 1. The first-order valence-corrected chi connectivity index (χ1v) is 6.86. The highest BCUT2D eigenvalue weighted by Gasteiger charge is 2.05. The van der Waals surface area contributed by atoms with E-state index in [4.69, 9.17) is 21.1 Å². The fraction of sp³-hybridized carbons (Fsp3) is 0.214. The van der Waals surface area contributed by atoms with E-state index < -0.39 is 5.56 Å². The first kappa shape index (κ1) is 15.8. The van der Waals surface area contributed by atoms with Gasteiger partial charge in [0, 0.05) is 0 Å². The smallest absolute Gasteiger partial charge is 0.285 e. The Bertz CT molecular complexity index is 730. The maximum atomic E-state index is 11.3. The lowest BCUT2D eigenvalue weighted by Gasteiger charge is -2.09. The van der Waals surface area contributed by atoms with E-state index in [1.165, 1.54) is 6.20 Å². The molecule has 1 aromatic heterocycles. The minimum atomic E-state index is -0.482. The summed E-state index contributed by atoms with van der Waals surface area (Å²) in [5, 5.41) is 9.87. The van der Waals surface area contributed by atoms with Crippen molar-refractivity contribution in [3.63, 3.8) is 0 Å². The lowest BCUT2D eigenvalue weighted by atomic mass is 10.2. The molecule has 8 heteroatoms. The molecule has 0 unspecified atom stereocenters. The van der Waals surface area contributed by atoms with Gasteiger partial charge in [0.1, 0.15) is 10.7 Å².